The van der Waals surface area contributed by atoms with Gasteiger partial charge in [0.25, 0.3) is 0 Å². The number of nitrogens with zero attached hydrogens (tertiary/aromatic N) is 2. The van der Waals surface area contributed by atoms with Gasteiger partial charge in [-0.3, -0.25) is 0 Å². The molecule has 0 atom stereocenters. The molecule has 0 unspecified atom stereocenters. The maximum absolute atomic E-state index is 12.2. The monoisotopic (exact) mass is 310 g/mol. The Morgan fingerprint density at radius 2 is 1.90 bits per heavy atom. The van der Waals surface area contributed by atoms with Gasteiger partial charge in [0.1, 0.15) is 5.01 Å². The van der Waals surface area contributed by atoms with Gasteiger partial charge >= 0.3 is 0 Å². The van der Waals surface area contributed by atoms with Crippen LogP contribution < -0.4 is 0 Å². The van der Waals surface area contributed by atoms with Crippen LogP contribution in [0.15, 0.2) is 40.7 Å². The first kappa shape index (κ1) is 15.2. The van der Waals surface area contributed by atoms with Crippen molar-refractivity contribution in [2.75, 3.05) is 26.4 Å². The van der Waals surface area contributed by atoms with Crippen LogP contribution in [0.4, 0.5) is 0 Å². The lowest BCUT2D eigenvalue weighted by Crippen LogP contribution is -2.17. The van der Waals surface area contributed by atoms with Crippen LogP contribution in [-0.4, -0.2) is 44.7 Å². The Labute approximate surface area is 124 Å². The van der Waals surface area contributed by atoms with Crippen LogP contribution in [0, 0.1) is 0 Å². The van der Waals surface area contributed by atoms with Gasteiger partial charge < -0.3 is 4.90 Å². The van der Waals surface area contributed by atoms with Crippen molar-refractivity contribution in [1.29, 1.82) is 0 Å². The van der Waals surface area contributed by atoms with Crippen LogP contribution >= 0.6 is 11.3 Å². The maximum atomic E-state index is 12.2. The molecule has 0 fully saturated rings. The van der Waals surface area contributed by atoms with E-state index < -0.39 is 9.84 Å². The second-order valence-corrected chi connectivity index (χ2v) is 7.84. The lowest BCUT2D eigenvalue weighted by atomic mass is 10.2. The minimum absolute atomic E-state index is 0.182. The fourth-order valence-corrected chi connectivity index (χ4v) is 3.80. The summed E-state index contributed by atoms with van der Waals surface area (Å²) in [5.41, 5.74) is 0.951. The fourth-order valence-electron chi connectivity index (χ4n) is 1.86. The summed E-state index contributed by atoms with van der Waals surface area (Å²) in [5, 5.41) is 2.81. The SMILES string of the molecule is CN(C)CCCS(=O)(=O)c1ccc(-c2nccs2)cc1. The summed E-state index contributed by atoms with van der Waals surface area (Å²) in [7, 11) is 0.695. The van der Waals surface area contributed by atoms with Gasteiger partial charge in [-0.25, -0.2) is 13.4 Å². The first-order valence-electron chi connectivity index (χ1n) is 6.36. The highest BCUT2D eigenvalue weighted by atomic mass is 32.2. The third kappa shape index (κ3) is 3.88. The summed E-state index contributed by atoms with van der Waals surface area (Å²) >= 11 is 1.54. The molecule has 1 heterocycles. The second kappa shape index (κ2) is 6.47. The summed E-state index contributed by atoms with van der Waals surface area (Å²) in [6.45, 7) is 0.774. The molecular weight excluding hydrogens is 292 g/mol. The number of thiazole rings is 1. The van der Waals surface area contributed by atoms with Gasteiger partial charge in [-0.2, -0.15) is 0 Å². The largest absolute Gasteiger partial charge is 0.309 e. The highest BCUT2D eigenvalue weighted by Crippen LogP contribution is 2.23. The summed E-state index contributed by atoms with van der Waals surface area (Å²) < 4.78 is 24.4. The average Bonchev–Trinajstić information content (AvgIpc) is 2.92. The molecule has 1 aromatic heterocycles. The summed E-state index contributed by atoms with van der Waals surface area (Å²) in [6, 6.07) is 6.97. The van der Waals surface area contributed by atoms with Crippen molar-refractivity contribution < 1.29 is 8.42 Å². The van der Waals surface area contributed by atoms with Gasteiger partial charge in [0.05, 0.1) is 10.6 Å². The molecule has 4 nitrogen and oxygen atoms in total. The molecule has 0 aliphatic heterocycles. The molecule has 0 bridgehead atoms. The van der Waals surface area contributed by atoms with Crippen molar-refractivity contribution in [3.05, 3.63) is 35.8 Å². The normalized spacial score (nSPS) is 11.9. The highest BCUT2D eigenvalue weighted by molar-refractivity contribution is 7.91. The van der Waals surface area contributed by atoms with Gasteiger partial charge in [0, 0.05) is 17.1 Å². The number of benzene rings is 1. The molecule has 1 aromatic carbocycles. The zero-order valence-corrected chi connectivity index (χ0v) is 13.2. The number of sulfone groups is 1. The van der Waals surface area contributed by atoms with Crippen molar-refractivity contribution >= 4 is 21.2 Å². The molecule has 0 saturated heterocycles. The van der Waals surface area contributed by atoms with Crippen molar-refractivity contribution in [1.82, 2.24) is 9.88 Å². The molecule has 0 spiro atoms. The van der Waals surface area contributed by atoms with E-state index in [4.69, 9.17) is 0 Å². The van der Waals surface area contributed by atoms with E-state index in [1.54, 1.807) is 29.7 Å². The van der Waals surface area contributed by atoms with E-state index in [1.807, 2.05) is 36.5 Å². The van der Waals surface area contributed by atoms with Crippen molar-refractivity contribution in [3.63, 3.8) is 0 Å². The third-order valence-electron chi connectivity index (χ3n) is 2.91. The lowest BCUT2D eigenvalue weighted by Gasteiger charge is -2.09. The molecule has 0 radical (unpaired) electrons. The van der Waals surface area contributed by atoms with E-state index in [-0.39, 0.29) is 5.75 Å². The molecule has 2 aromatic rings. The zero-order valence-electron chi connectivity index (χ0n) is 11.6. The molecular formula is C14H18N2O2S2. The van der Waals surface area contributed by atoms with Crippen molar-refractivity contribution in [2.45, 2.75) is 11.3 Å². The summed E-state index contributed by atoms with van der Waals surface area (Å²) in [5.74, 6) is 0.182. The van der Waals surface area contributed by atoms with E-state index in [2.05, 4.69) is 4.98 Å². The predicted octanol–water partition coefficient (Wildman–Crippen LogP) is 2.54. The van der Waals surface area contributed by atoms with Gasteiger partial charge in [-0.15, -0.1) is 11.3 Å². The molecule has 6 heteroatoms. The number of rotatable bonds is 6. The Balaban J connectivity index is 2.09. The molecule has 2 rings (SSSR count). The predicted molar refractivity (Wildman–Crippen MR) is 82.8 cm³/mol. The first-order valence-corrected chi connectivity index (χ1v) is 8.90. The van der Waals surface area contributed by atoms with Crippen LogP contribution in [0.2, 0.25) is 0 Å². The minimum Gasteiger partial charge on any atom is -0.309 e. The molecule has 0 N–H and O–H groups in total. The molecule has 108 valence electrons. The van der Waals surface area contributed by atoms with Gasteiger partial charge in [-0.1, -0.05) is 12.1 Å². The molecule has 0 aliphatic carbocycles. The molecule has 0 saturated carbocycles. The molecule has 0 amide bonds. The van der Waals surface area contributed by atoms with Crippen LogP contribution in [0.25, 0.3) is 10.6 Å². The van der Waals surface area contributed by atoms with E-state index in [1.165, 1.54) is 0 Å². The smallest absolute Gasteiger partial charge is 0.178 e. The maximum Gasteiger partial charge on any atom is 0.178 e. The highest BCUT2D eigenvalue weighted by Gasteiger charge is 2.14. The van der Waals surface area contributed by atoms with E-state index in [0.29, 0.717) is 11.3 Å². The molecule has 20 heavy (non-hydrogen) atoms. The second-order valence-electron chi connectivity index (χ2n) is 4.84. The van der Waals surface area contributed by atoms with Gasteiger partial charge in [0.2, 0.25) is 0 Å². The molecule has 0 aliphatic rings. The van der Waals surface area contributed by atoms with E-state index >= 15 is 0 Å². The summed E-state index contributed by atoms with van der Waals surface area (Å²) in [6.07, 6.45) is 2.38. The van der Waals surface area contributed by atoms with Crippen LogP contribution in [0.1, 0.15) is 6.42 Å². The van der Waals surface area contributed by atoms with Crippen LogP contribution in [0.5, 0.6) is 0 Å². The number of aromatic nitrogens is 1. The first-order chi connectivity index (χ1) is 9.49. The Bertz CT molecular complexity index is 632. The van der Waals surface area contributed by atoms with Crippen molar-refractivity contribution in [3.8, 4) is 10.6 Å². The number of hydrogen-bond donors (Lipinski definition) is 0. The van der Waals surface area contributed by atoms with Gasteiger partial charge in [0.15, 0.2) is 9.84 Å². The Morgan fingerprint density at radius 1 is 1.20 bits per heavy atom. The zero-order chi connectivity index (χ0) is 14.6. The summed E-state index contributed by atoms with van der Waals surface area (Å²) in [4.78, 5) is 6.58. The standard InChI is InChI=1S/C14H18N2O2S2/c1-16(2)9-3-11-20(17,18)13-6-4-12(5-7-13)14-15-8-10-19-14/h4-8,10H,3,9,11H2,1-2H3. The van der Waals surface area contributed by atoms with Gasteiger partial charge in [-0.05, 0) is 39.2 Å². The Kier molecular flexibility index (Phi) is 4.91. The van der Waals surface area contributed by atoms with Crippen LogP contribution in [-0.2, 0) is 9.84 Å². The number of hydrogen-bond acceptors (Lipinski definition) is 5. The quantitative estimate of drug-likeness (QED) is 0.823. The van der Waals surface area contributed by atoms with Crippen LogP contribution in [0.3, 0.4) is 0 Å². The fraction of sp³-hybridized carbons (Fsp3) is 0.357. The van der Waals surface area contributed by atoms with E-state index in [0.717, 1.165) is 17.1 Å². The third-order valence-corrected chi connectivity index (χ3v) is 5.55. The Hall–Kier alpha value is -1.24. The van der Waals surface area contributed by atoms with Crippen molar-refractivity contribution in [2.24, 2.45) is 0 Å². The van der Waals surface area contributed by atoms with E-state index in [9.17, 15) is 8.42 Å². The topological polar surface area (TPSA) is 50.3 Å². The minimum atomic E-state index is -3.19. The lowest BCUT2D eigenvalue weighted by molar-refractivity contribution is 0.408. The average molecular weight is 310 g/mol. The Morgan fingerprint density at radius 3 is 2.45 bits per heavy atom.